The molecule has 0 N–H and O–H groups in total. The fourth-order valence-corrected chi connectivity index (χ4v) is 4.54. The van der Waals surface area contributed by atoms with Gasteiger partial charge in [0.25, 0.3) is 0 Å². The Morgan fingerprint density at radius 3 is 2.52 bits per heavy atom. The van der Waals surface area contributed by atoms with Gasteiger partial charge < -0.3 is 14.5 Å². The first-order valence-corrected chi connectivity index (χ1v) is 9.32. The topological polar surface area (TPSA) is 58.6 Å². The van der Waals surface area contributed by atoms with E-state index < -0.39 is 5.97 Å². The molecule has 23 heavy (non-hydrogen) atoms. The Bertz CT molecular complexity index is 703. The number of nitrogens with zero attached hydrogens (tertiary/aromatic N) is 4. The molecule has 2 aromatic heterocycles. The van der Waals surface area contributed by atoms with Crippen LogP contribution >= 0.6 is 34.3 Å². The van der Waals surface area contributed by atoms with Crippen LogP contribution < -0.4 is 9.80 Å². The van der Waals surface area contributed by atoms with Crippen molar-refractivity contribution in [3.05, 3.63) is 21.1 Å². The number of methoxy groups -OCH3 is 1. The maximum Gasteiger partial charge on any atom is 0.351 e. The zero-order chi connectivity index (χ0) is 16.4. The van der Waals surface area contributed by atoms with Gasteiger partial charge in [0.2, 0.25) is 0 Å². The Morgan fingerprint density at radius 2 is 1.91 bits per heavy atom. The Labute approximate surface area is 147 Å². The largest absolute Gasteiger partial charge is 0.465 e. The zero-order valence-corrected chi connectivity index (χ0v) is 15.3. The molecule has 2 aromatic rings. The van der Waals surface area contributed by atoms with E-state index in [1.807, 2.05) is 6.92 Å². The summed E-state index contributed by atoms with van der Waals surface area (Å²) in [7, 11) is 1.35. The summed E-state index contributed by atoms with van der Waals surface area (Å²) < 4.78 is 4.73. The van der Waals surface area contributed by atoms with Crippen LogP contribution in [-0.2, 0) is 4.74 Å². The normalized spacial score (nSPS) is 15.6. The number of esters is 1. The van der Waals surface area contributed by atoms with E-state index in [2.05, 4.69) is 25.1 Å². The van der Waals surface area contributed by atoms with E-state index in [4.69, 9.17) is 16.3 Å². The molecule has 124 valence electrons. The molecule has 1 saturated heterocycles. The lowest BCUT2D eigenvalue weighted by atomic mass is 10.4. The van der Waals surface area contributed by atoms with Crippen molar-refractivity contribution >= 4 is 50.5 Å². The summed E-state index contributed by atoms with van der Waals surface area (Å²) in [4.78, 5) is 25.4. The molecular weight excluding hydrogens is 356 g/mol. The molecule has 0 saturated carbocycles. The van der Waals surface area contributed by atoms with Crippen LogP contribution in [-0.4, -0.2) is 49.2 Å². The van der Waals surface area contributed by atoms with Crippen LogP contribution in [0.15, 0.2) is 5.38 Å². The highest BCUT2D eigenvalue weighted by atomic mass is 35.5. The molecule has 3 rings (SSSR count). The smallest absolute Gasteiger partial charge is 0.351 e. The summed E-state index contributed by atoms with van der Waals surface area (Å²) in [6.07, 6.45) is 1.00. The maximum atomic E-state index is 11.7. The number of anilines is 2. The molecule has 0 atom stereocenters. The Morgan fingerprint density at radius 1 is 1.22 bits per heavy atom. The Balaban J connectivity index is 1.72. The lowest BCUT2D eigenvalue weighted by molar-refractivity contribution is 0.0606. The molecule has 6 nitrogen and oxygen atoms in total. The molecule has 0 amide bonds. The number of hydrogen-bond acceptors (Lipinski definition) is 8. The van der Waals surface area contributed by atoms with Crippen LogP contribution in [0.1, 0.15) is 21.8 Å². The average Bonchev–Trinajstić information content (AvgIpc) is 3.05. The van der Waals surface area contributed by atoms with Gasteiger partial charge in [0, 0.05) is 31.6 Å². The van der Waals surface area contributed by atoms with Crippen molar-refractivity contribution in [2.75, 3.05) is 43.1 Å². The van der Waals surface area contributed by atoms with Gasteiger partial charge in [0.15, 0.2) is 20.3 Å². The summed E-state index contributed by atoms with van der Waals surface area (Å²) in [6, 6.07) is 0. The quantitative estimate of drug-likeness (QED) is 0.772. The van der Waals surface area contributed by atoms with Gasteiger partial charge in [-0.3, -0.25) is 0 Å². The zero-order valence-electron chi connectivity index (χ0n) is 12.9. The van der Waals surface area contributed by atoms with Gasteiger partial charge in [-0.25, -0.2) is 14.8 Å². The second-order valence-electron chi connectivity index (χ2n) is 5.21. The molecule has 1 aliphatic rings. The number of aryl methyl sites for hydroxylation is 1. The van der Waals surface area contributed by atoms with Crippen molar-refractivity contribution in [3.8, 4) is 0 Å². The number of halogens is 1. The minimum absolute atomic E-state index is 0.216. The van der Waals surface area contributed by atoms with Gasteiger partial charge in [-0.05, 0) is 13.3 Å². The minimum Gasteiger partial charge on any atom is -0.465 e. The Hall–Kier alpha value is -1.38. The molecule has 0 bridgehead atoms. The van der Waals surface area contributed by atoms with E-state index in [1.54, 1.807) is 11.3 Å². The SMILES string of the molecule is COC(=O)c1sc(N2CCCN(c3nc(C)cs3)CC2)nc1Cl. The van der Waals surface area contributed by atoms with Gasteiger partial charge in [-0.15, -0.1) is 11.3 Å². The molecule has 1 fully saturated rings. The predicted octanol–water partition coefficient (Wildman–Crippen LogP) is 3.06. The first-order chi connectivity index (χ1) is 11.1. The van der Waals surface area contributed by atoms with Crippen molar-refractivity contribution in [2.45, 2.75) is 13.3 Å². The number of thiazole rings is 2. The Kier molecular flexibility index (Phi) is 5.03. The molecule has 0 aliphatic carbocycles. The lowest BCUT2D eigenvalue weighted by Gasteiger charge is -2.20. The van der Waals surface area contributed by atoms with E-state index in [-0.39, 0.29) is 5.15 Å². The van der Waals surface area contributed by atoms with Crippen LogP contribution in [0, 0.1) is 6.92 Å². The van der Waals surface area contributed by atoms with Gasteiger partial charge >= 0.3 is 5.97 Å². The van der Waals surface area contributed by atoms with Crippen LogP contribution in [0.5, 0.6) is 0 Å². The summed E-state index contributed by atoms with van der Waals surface area (Å²) in [5, 5.41) is 4.12. The predicted molar refractivity (Wildman–Crippen MR) is 94.4 cm³/mol. The van der Waals surface area contributed by atoms with Crippen LogP contribution in [0.25, 0.3) is 0 Å². The van der Waals surface area contributed by atoms with Crippen molar-refractivity contribution in [2.24, 2.45) is 0 Å². The third-order valence-electron chi connectivity index (χ3n) is 3.59. The van der Waals surface area contributed by atoms with Crippen molar-refractivity contribution in [1.29, 1.82) is 0 Å². The molecule has 1 aliphatic heterocycles. The van der Waals surface area contributed by atoms with Crippen molar-refractivity contribution in [3.63, 3.8) is 0 Å². The van der Waals surface area contributed by atoms with Gasteiger partial charge in [0.05, 0.1) is 12.8 Å². The first-order valence-electron chi connectivity index (χ1n) is 7.25. The number of ether oxygens (including phenoxy) is 1. The minimum atomic E-state index is -0.437. The lowest BCUT2D eigenvalue weighted by Crippen LogP contribution is -2.30. The summed E-state index contributed by atoms with van der Waals surface area (Å²) in [5.41, 5.74) is 1.06. The van der Waals surface area contributed by atoms with Gasteiger partial charge in [-0.1, -0.05) is 22.9 Å². The van der Waals surface area contributed by atoms with E-state index in [0.717, 1.165) is 48.6 Å². The number of rotatable bonds is 3. The van der Waals surface area contributed by atoms with Crippen molar-refractivity contribution < 1.29 is 9.53 Å². The van der Waals surface area contributed by atoms with Crippen LogP contribution in [0.3, 0.4) is 0 Å². The average molecular weight is 373 g/mol. The highest BCUT2D eigenvalue weighted by Gasteiger charge is 2.23. The van der Waals surface area contributed by atoms with Crippen LogP contribution in [0.2, 0.25) is 5.15 Å². The van der Waals surface area contributed by atoms with E-state index in [9.17, 15) is 4.79 Å². The van der Waals surface area contributed by atoms with E-state index >= 15 is 0 Å². The number of carbonyl (C=O) groups is 1. The highest BCUT2D eigenvalue weighted by molar-refractivity contribution is 7.18. The summed E-state index contributed by atoms with van der Waals surface area (Å²) in [5.74, 6) is -0.437. The molecule has 0 radical (unpaired) electrons. The fraction of sp³-hybridized carbons (Fsp3) is 0.500. The van der Waals surface area contributed by atoms with Crippen molar-refractivity contribution in [1.82, 2.24) is 9.97 Å². The van der Waals surface area contributed by atoms with E-state index in [0.29, 0.717) is 4.88 Å². The van der Waals surface area contributed by atoms with Gasteiger partial charge in [0.1, 0.15) is 0 Å². The van der Waals surface area contributed by atoms with Gasteiger partial charge in [-0.2, -0.15) is 0 Å². The number of aromatic nitrogens is 2. The summed E-state index contributed by atoms with van der Waals surface area (Å²) in [6.45, 7) is 5.55. The number of carbonyl (C=O) groups excluding carboxylic acids is 1. The maximum absolute atomic E-state index is 11.7. The van der Waals surface area contributed by atoms with Crippen LogP contribution in [0.4, 0.5) is 10.3 Å². The fourth-order valence-electron chi connectivity index (χ4n) is 2.43. The van der Waals surface area contributed by atoms with E-state index in [1.165, 1.54) is 18.4 Å². The highest BCUT2D eigenvalue weighted by Crippen LogP contribution is 2.31. The molecule has 3 heterocycles. The second-order valence-corrected chi connectivity index (χ2v) is 7.38. The first kappa shape index (κ1) is 16.5. The summed E-state index contributed by atoms with van der Waals surface area (Å²) >= 11 is 9.02. The molecule has 0 unspecified atom stereocenters. The molecular formula is C14H17ClN4O2S2. The monoisotopic (exact) mass is 372 g/mol. The number of hydrogen-bond donors (Lipinski definition) is 0. The molecule has 0 spiro atoms. The third kappa shape index (κ3) is 3.59. The third-order valence-corrected chi connectivity index (χ3v) is 6.09. The molecule has 9 heteroatoms. The second kappa shape index (κ2) is 7.02. The molecule has 0 aromatic carbocycles. The standard InChI is InChI=1S/C14H17ClN4O2S2/c1-9-8-22-13(16-9)18-4-3-5-19(7-6-18)14-17-11(15)10(23-14)12(20)21-2/h8H,3-7H2,1-2H3.